The Hall–Kier alpha value is -0.0900. The molecule has 0 amide bonds. The van der Waals surface area contributed by atoms with Crippen LogP contribution in [0.15, 0.2) is 0 Å². The summed E-state index contributed by atoms with van der Waals surface area (Å²) in [4.78, 5) is 0. The molecule has 0 bridgehead atoms. The molecule has 2 aliphatic rings. The Morgan fingerprint density at radius 1 is 1.05 bits per heavy atom. The van der Waals surface area contributed by atoms with Crippen molar-refractivity contribution in [1.29, 1.82) is 0 Å². The second kappa shape index (κ2) is 6.78. The molecular weight excluding hydrogens is 272 g/mol. The lowest BCUT2D eigenvalue weighted by molar-refractivity contribution is 0.241. The number of hydrogen-bond donors (Lipinski definition) is 1. The van der Waals surface area contributed by atoms with E-state index in [0.717, 1.165) is 18.8 Å². The first kappa shape index (κ1) is 16.3. The van der Waals surface area contributed by atoms with Crippen molar-refractivity contribution in [1.82, 2.24) is 0 Å². The third kappa shape index (κ3) is 4.20. The van der Waals surface area contributed by atoms with Gasteiger partial charge in [0.15, 0.2) is 0 Å². The molecule has 1 atom stereocenters. The van der Waals surface area contributed by atoms with E-state index in [1.807, 2.05) is 0 Å². The highest BCUT2D eigenvalue weighted by atomic mass is 32.2. The standard InChI is InChI=1S/C16H30O3S/c1-2-3-4-5-6-7-8-14-9-11-16(12-10-14)13-15(16)20(17,18)19/h14-15H,2-13H2,1H3,(H,17,18,19). The zero-order chi connectivity index (χ0) is 14.6. The van der Waals surface area contributed by atoms with Crippen molar-refractivity contribution in [2.24, 2.45) is 11.3 Å². The van der Waals surface area contributed by atoms with E-state index >= 15 is 0 Å². The molecule has 1 unspecified atom stereocenters. The molecule has 1 N–H and O–H groups in total. The van der Waals surface area contributed by atoms with Gasteiger partial charge in [0.1, 0.15) is 0 Å². The third-order valence-corrected chi connectivity index (χ3v) is 6.93. The Morgan fingerprint density at radius 2 is 1.65 bits per heavy atom. The molecule has 118 valence electrons. The lowest BCUT2D eigenvalue weighted by atomic mass is 9.78. The fraction of sp³-hybridized carbons (Fsp3) is 1.00. The average Bonchev–Trinajstić information content (AvgIpc) is 3.11. The van der Waals surface area contributed by atoms with Gasteiger partial charge in [0, 0.05) is 0 Å². The summed E-state index contributed by atoms with van der Waals surface area (Å²) in [5.41, 5.74) is -0.0365. The van der Waals surface area contributed by atoms with E-state index in [1.165, 1.54) is 57.8 Å². The monoisotopic (exact) mass is 302 g/mol. The van der Waals surface area contributed by atoms with E-state index in [9.17, 15) is 8.42 Å². The van der Waals surface area contributed by atoms with E-state index in [-0.39, 0.29) is 5.41 Å². The Kier molecular flexibility index (Phi) is 5.52. The average molecular weight is 302 g/mol. The van der Waals surface area contributed by atoms with Crippen LogP contribution in [-0.4, -0.2) is 18.2 Å². The molecule has 2 saturated carbocycles. The van der Waals surface area contributed by atoms with Gasteiger partial charge in [0.05, 0.1) is 5.25 Å². The van der Waals surface area contributed by atoms with Crippen molar-refractivity contribution < 1.29 is 13.0 Å². The van der Waals surface area contributed by atoms with Crippen LogP contribution in [0.25, 0.3) is 0 Å². The lowest BCUT2D eigenvalue weighted by Crippen LogP contribution is -2.21. The minimum atomic E-state index is -3.78. The van der Waals surface area contributed by atoms with E-state index in [0.29, 0.717) is 6.42 Å². The molecule has 0 heterocycles. The highest BCUT2D eigenvalue weighted by molar-refractivity contribution is 7.86. The summed E-state index contributed by atoms with van der Waals surface area (Å²) >= 11 is 0. The molecule has 0 saturated heterocycles. The van der Waals surface area contributed by atoms with Crippen molar-refractivity contribution in [2.75, 3.05) is 0 Å². The van der Waals surface area contributed by atoms with E-state index in [1.54, 1.807) is 0 Å². The zero-order valence-corrected chi connectivity index (χ0v) is 13.6. The fourth-order valence-electron chi connectivity index (χ4n) is 4.01. The minimum Gasteiger partial charge on any atom is -0.285 e. The number of hydrogen-bond acceptors (Lipinski definition) is 2. The molecule has 2 aliphatic carbocycles. The van der Waals surface area contributed by atoms with Gasteiger partial charge in [-0.05, 0) is 43.4 Å². The van der Waals surface area contributed by atoms with Crippen molar-refractivity contribution >= 4 is 10.1 Å². The Bertz CT molecular complexity index is 394. The van der Waals surface area contributed by atoms with E-state index < -0.39 is 15.4 Å². The SMILES string of the molecule is CCCCCCCCC1CCC2(CC1)CC2S(=O)(=O)O. The first-order valence-corrected chi connectivity index (χ1v) is 9.94. The predicted octanol–water partition coefficient (Wildman–Crippen LogP) is 4.57. The summed E-state index contributed by atoms with van der Waals surface area (Å²) in [6, 6.07) is 0. The van der Waals surface area contributed by atoms with Crippen molar-refractivity contribution in [3.05, 3.63) is 0 Å². The maximum absolute atomic E-state index is 11.2. The minimum absolute atomic E-state index is 0.0365. The van der Waals surface area contributed by atoms with Crippen LogP contribution in [0.5, 0.6) is 0 Å². The van der Waals surface area contributed by atoms with Crippen LogP contribution in [0.2, 0.25) is 0 Å². The van der Waals surface area contributed by atoms with Crippen LogP contribution >= 0.6 is 0 Å². The van der Waals surface area contributed by atoms with Crippen molar-refractivity contribution in [3.8, 4) is 0 Å². The summed E-state index contributed by atoms with van der Waals surface area (Å²) in [5, 5.41) is -0.440. The zero-order valence-electron chi connectivity index (χ0n) is 12.8. The van der Waals surface area contributed by atoms with Gasteiger partial charge in [0.25, 0.3) is 10.1 Å². The maximum Gasteiger partial charge on any atom is 0.268 e. The van der Waals surface area contributed by atoms with E-state index in [2.05, 4.69) is 6.92 Å². The topological polar surface area (TPSA) is 54.4 Å². The van der Waals surface area contributed by atoms with Crippen LogP contribution in [0.4, 0.5) is 0 Å². The molecule has 0 aromatic rings. The maximum atomic E-state index is 11.2. The fourth-order valence-corrected chi connectivity index (χ4v) is 5.42. The quantitative estimate of drug-likeness (QED) is 0.527. The van der Waals surface area contributed by atoms with Gasteiger partial charge in [-0.2, -0.15) is 8.42 Å². The highest BCUT2D eigenvalue weighted by Gasteiger charge is 2.61. The first-order valence-electron chi connectivity index (χ1n) is 8.44. The molecule has 0 radical (unpaired) electrons. The van der Waals surface area contributed by atoms with Gasteiger partial charge in [-0.3, -0.25) is 4.55 Å². The summed E-state index contributed by atoms with van der Waals surface area (Å²) < 4.78 is 31.6. The Labute approximate surface area is 124 Å². The Morgan fingerprint density at radius 3 is 2.20 bits per heavy atom. The first-order chi connectivity index (χ1) is 9.48. The molecule has 0 aromatic heterocycles. The highest BCUT2D eigenvalue weighted by Crippen LogP contribution is 2.60. The normalized spacial score (nSPS) is 33.5. The van der Waals surface area contributed by atoms with Crippen molar-refractivity contribution in [3.63, 3.8) is 0 Å². The van der Waals surface area contributed by atoms with Crippen LogP contribution in [0.1, 0.15) is 84.0 Å². The van der Waals surface area contributed by atoms with Gasteiger partial charge in [0.2, 0.25) is 0 Å². The second-order valence-electron chi connectivity index (χ2n) is 7.07. The molecular formula is C16H30O3S. The number of unbranched alkanes of at least 4 members (excludes halogenated alkanes) is 5. The van der Waals surface area contributed by atoms with Gasteiger partial charge < -0.3 is 0 Å². The molecule has 2 rings (SSSR count). The summed E-state index contributed by atoms with van der Waals surface area (Å²) in [6.07, 6.45) is 14.5. The summed E-state index contributed by atoms with van der Waals surface area (Å²) in [7, 11) is -3.78. The molecule has 3 nitrogen and oxygen atoms in total. The molecule has 4 heteroatoms. The van der Waals surface area contributed by atoms with Crippen LogP contribution in [0, 0.1) is 11.3 Å². The van der Waals surface area contributed by atoms with Gasteiger partial charge in [-0.15, -0.1) is 0 Å². The Balaban J connectivity index is 1.59. The van der Waals surface area contributed by atoms with Crippen LogP contribution in [0.3, 0.4) is 0 Å². The smallest absolute Gasteiger partial charge is 0.268 e. The van der Waals surface area contributed by atoms with Gasteiger partial charge in [-0.25, -0.2) is 0 Å². The van der Waals surface area contributed by atoms with Crippen molar-refractivity contribution in [2.45, 2.75) is 89.2 Å². The van der Waals surface area contributed by atoms with Crippen LogP contribution in [-0.2, 0) is 10.1 Å². The summed E-state index contributed by atoms with van der Waals surface area (Å²) in [6.45, 7) is 2.25. The third-order valence-electron chi connectivity index (χ3n) is 5.54. The van der Waals surface area contributed by atoms with E-state index in [4.69, 9.17) is 4.55 Å². The lowest BCUT2D eigenvalue weighted by Gasteiger charge is -2.29. The molecule has 0 aromatic carbocycles. The van der Waals surface area contributed by atoms with Gasteiger partial charge in [-0.1, -0.05) is 51.9 Å². The second-order valence-corrected chi connectivity index (χ2v) is 8.67. The molecule has 0 aliphatic heterocycles. The summed E-state index contributed by atoms with van der Waals surface area (Å²) in [5.74, 6) is 0.800. The predicted molar refractivity (Wildman–Crippen MR) is 82.3 cm³/mol. The molecule has 20 heavy (non-hydrogen) atoms. The van der Waals surface area contributed by atoms with Crippen LogP contribution < -0.4 is 0 Å². The number of rotatable bonds is 8. The largest absolute Gasteiger partial charge is 0.285 e. The molecule has 1 spiro atoms. The molecule has 2 fully saturated rings. The van der Waals surface area contributed by atoms with Gasteiger partial charge >= 0.3 is 0 Å².